The van der Waals surface area contributed by atoms with Gasteiger partial charge in [-0.1, -0.05) is 6.08 Å². The average molecular weight is 646 g/mol. The van der Waals surface area contributed by atoms with Crippen molar-refractivity contribution in [1.82, 2.24) is 5.32 Å². The number of carbonyl (C=O) groups excluding carboxylic acids is 1. The van der Waals surface area contributed by atoms with Crippen LogP contribution in [0.15, 0.2) is 11.6 Å². The predicted molar refractivity (Wildman–Crippen MR) is 139 cm³/mol. The van der Waals surface area contributed by atoms with Crippen LogP contribution in [-0.2, 0) is 23.7 Å². The Bertz CT molecular complexity index is 956. The van der Waals surface area contributed by atoms with Gasteiger partial charge in [0.2, 0.25) is 0 Å². The lowest BCUT2D eigenvalue weighted by molar-refractivity contribution is -0.356. The first-order valence-corrected chi connectivity index (χ1v) is 13.9. The van der Waals surface area contributed by atoms with Gasteiger partial charge in [0.1, 0.15) is 73.2 Å². The molecular formula is C25H43NO18. The van der Waals surface area contributed by atoms with Gasteiger partial charge in [0.05, 0.1) is 44.6 Å². The number of ether oxygens (including phenoxy) is 4. The van der Waals surface area contributed by atoms with E-state index in [1.807, 2.05) is 0 Å². The quantitative estimate of drug-likeness (QED) is 0.0826. The van der Waals surface area contributed by atoms with Crippen molar-refractivity contribution in [2.45, 2.75) is 111 Å². The third-order valence-electron chi connectivity index (χ3n) is 7.94. The number of aliphatic hydroxyl groups excluding tert-OH is 13. The summed E-state index contributed by atoms with van der Waals surface area (Å²) < 4.78 is 21.9. The third-order valence-corrected chi connectivity index (χ3v) is 7.94. The molecular weight excluding hydrogens is 602 g/mol. The van der Waals surface area contributed by atoms with Gasteiger partial charge in [0.15, 0.2) is 18.4 Å². The fourth-order valence-electron chi connectivity index (χ4n) is 5.29. The number of rotatable bonds is 13. The van der Waals surface area contributed by atoms with E-state index in [1.54, 1.807) is 0 Å². The molecule has 19 nitrogen and oxygen atoms in total. The average Bonchev–Trinajstić information content (AvgIpc) is 3.02. The molecule has 2 heterocycles. The lowest BCUT2D eigenvalue weighted by Gasteiger charge is -2.48. The molecule has 44 heavy (non-hydrogen) atoms. The van der Waals surface area contributed by atoms with E-state index in [4.69, 9.17) is 24.1 Å². The molecule has 0 bridgehead atoms. The van der Waals surface area contributed by atoms with Crippen molar-refractivity contribution in [2.24, 2.45) is 0 Å². The minimum Gasteiger partial charge on any atom is -0.394 e. The van der Waals surface area contributed by atoms with Crippen molar-refractivity contribution in [1.29, 1.82) is 0 Å². The number of Topliss-reactive ketones (excluding diaryl/α,β-unsaturated/α-hetero) is 1. The molecule has 0 aromatic carbocycles. The molecule has 2 fully saturated rings. The molecule has 0 spiro atoms. The van der Waals surface area contributed by atoms with Crippen LogP contribution >= 0.6 is 0 Å². The third kappa shape index (κ3) is 7.79. The minimum atomic E-state index is -2.05. The van der Waals surface area contributed by atoms with Crippen LogP contribution in [0.5, 0.6) is 0 Å². The molecule has 0 aromatic heterocycles. The minimum absolute atomic E-state index is 0.00855. The number of carbonyl (C=O) groups is 1. The molecule has 10 unspecified atom stereocenters. The van der Waals surface area contributed by atoms with E-state index in [9.17, 15) is 66.1 Å². The Labute approximate surface area is 250 Å². The molecule has 256 valence electrons. The number of aliphatic hydroxyl groups is 13. The fraction of sp³-hybridized carbons (Fsp3) is 0.880. The number of hydrogen-bond donors (Lipinski definition) is 14. The molecule has 2 saturated heterocycles. The van der Waals surface area contributed by atoms with Crippen molar-refractivity contribution in [2.75, 3.05) is 26.4 Å². The summed E-state index contributed by atoms with van der Waals surface area (Å²) in [5.74, 6) is -1.28. The smallest absolute Gasteiger partial charge is 0.195 e. The molecule has 0 amide bonds. The molecule has 0 radical (unpaired) electrons. The number of hydrogen-bond acceptors (Lipinski definition) is 19. The Hall–Kier alpha value is -1.31. The summed E-state index contributed by atoms with van der Waals surface area (Å²) in [4.78, 5) is 12.3. The van der Waals surface area contributed by atoms with Gasteiger partial charge in [-0.05, 0) is 12.5 Å². The lowest BCUT2D eigenvalue weighted by Crippen LogP contribution is -2.68. The van der Waals surface area contributed by atoms with Crippen molar-refractivity contribution < 1.29 is 90.1 Å². The van der Waals surface area contributed by atoms with E-state index in [-0.39, 0.29) is 5.57 Å². The van der Waals surface area contributed by atoms with Crippen LogP contribution in [-0.4, -0.2) is 203 Å². The van der Waals surface area contributed by atoms with Crippen LogP contribution < -0.4 is 5.32 Å². The Morgan fingerprint density at radius 2 is 1.50 bits per heavy atom. The zero-order chi connectivity index (χ0) is 33.0. The molecule has 3 aliphatic rings. The first-order valence-electron chi connectivity index (χ1n) is 13.9. The van der Waals surface area contributed by atoms with Crippen molar-refractivity contribution in [3.63, 3.8) is 0 Å². The van der Waals surface area contributed by atoms with Gasteiger partial charge in [0.25, 0.3) is 0 Å². The Balaban J connectivity index is 1.71. The summed E-state index contributed by atoms with van der Waals surface area (Å²) >= 11 is 0. The summed E-state index contributed by atoms with van der Waals surface area (Å²) in [7, 11) is 0. The number of nitrogens with one attached hydrogen (secondary N) is 1. The lowest BCUT2D eigenvalue weighted by atomic mass is 9.86. The maximum atomic E-state index is 12.3. The molecule has 17 atom stereocenters. The van der Waals surface area contributed by atoms with Gasteiger partial charge in [-0.3, -0.25) is 4.79 Å². The first-order chi connectivity index (χ1) is 20.7. The molecule has 3 rings (SSSR count). The molecule has 0 aromatic rings. The Kier molecular flexibility index (Phi) is 13.5. The largest absolute Gasteiger partial charge is 0.394 e. The molecule has 19 heteroatoms. The second kappa shape index (κ2) is 16.0. The van der Waals surface area contributed by atoms with Crippen LogP contribution in [0.25, 0.3) is 0 Å². The van der Waals surface area contributed by atoms with Crippen LogP contribution in [0.1, 0.15) is 6.92 Å². The monoisotopic (exact) mass is 645 g/mol. The van der Waals surface area contributed by atoms with E-state index in [1.165, 1.54) is 13.0 Å². The second-order valence-corrected chi connectivity index (χ2v) is 10.9. The SMILES string of the molecule is C[C@H]1OC(OC2C(CO)O[C@H](OC(C(=O)C(O)CO)[C@H](O)CO)[C@H](O)C2O)C(O)[C@@H](O)C1NC1C=C(CO)[C@@H](O)C(O)[C@H]1O. The summed E-state index contributed by atoms with van der Waals surface area (Å²) in [6.07, 6.45) is -24.9. The van der Waals surface area contributed by atoms with Crippen LogP contribution in [0, 0.1) is 0 Å². The van der Waals surface area contributed by atoms with E-state index >= 15 is 0 Å². The van der Waals surface area contributed by atoms with Gasteiger partial charge in [-0.15, -0.1) is 0 Å². The molecule has 2 aliphatic heterocycles. The fourth-order valence-corrected chi connectivity index (χ4v) is 5.29. The summed E-state index contributed by atoms with van der Waals surface area (Å²) in [5.41, 5.74) is 0.00855. The maximum Gasteiger partial charge on any atom is 0.195 e. The van der Waals surface area contributed by atoms with Crippen LogP contribution in [0.2, 0.25) is 0 Å². The van der Waals surface area contributed by atoms with Crippen molar-refractivity contribution in [3.05, 3.63) is 11.6 Å². The highest BCUT2D eigenvalue weighted by atomic mass is 16.7. The van der Waals surface area contributed by atoms with Gasteiger partial charge in [-0.2, -0.15) is 0 Å². The van der Waals surface area contributed by atoms with Crippen molar-refractivity contribution in [3.8, 4) is 0 Å². The van der Waals surface area contributed by atoms with Crippen molar-refractivity contribution >= 4 is 5.78 Å². The summed E-state index contributed by atoms with van der Waals surface area (Å²) in [6.45, 7) is -2.17. The van der Waals surface area contributed by atoms with E-state index in [0.29, 0.717) is 0 Å². The highest BCUT2D eigenvalue weighted by Gasteiger charge is 2.52. The molecule has 0 saturated carbocycles. The standard InChI is InChI=1S/C25H43NO18/c1-7-13(26-9-2-8(3-27)14(33)18(37)15(9)34)17(36)20(39)24(41-7)44-23-12(6-30)42-25(21(40)19(23)38)43-22(11(32)5-29)16(35)10(31)4-28/h2,7,9-15,17-34,36-40H,3-6H2,1H3/t7-,9?,10?,11-,12?,13?,14-,15+,17+,18?,19?,20?,21-,22?,23?,24?,25-/m1/s1. The first kappa shape index (κ1) is 37.2. The predicted octanol–water partition coefficient (Wildman–Crippen LogP) is -8.72. The highest BCUT2D eigenvalue weighted by molar-refractivity contribution is 5.87. The normalized spacial score (nSPS) is 43.6. The molecule has 1 aliphatic carbocycles. The van der Waals surface area contributed by atoms with E-state index < -0.39 is 136 Å². The van der Waals surface area contributed by atoms with Crippen LogP contribution in [0.4, 0.5) is 0 Å². The number of ketones is 1. The summed E-state index contributed by atoms with van der Waals surface area (Å²) in [6, 6.07) is -2.21. The topological polar surface area (TPSA) is 329 Å². The Morgan fingerprint density at radius 1 is 0.864 bits per heavy atom. The van der Waals surface area contributed by atoms with Gasteiger partial charge >= 0.3 is 0 Å². The van der Waals surface area contributed by atoms with E-state index in [0.717, 1.165) is 0 Å². The second-order valence-electron chi connectivity index (χ2n) is 10.9. The Morgan fingerprint density at radius 3 is 2.07 bits per heavy atom. The zero-order valence-electron chi connectivity index (χ0n) is 23.6. The van der Waals surface area contributed by atoms with Gasteiger partial charge in [0, 0.05) is 0 Å². The maximum absolute atomic E-state index is 12.3. The van der Waals surface area contributed by atoms with E-state index in [2.05, 4.69) is 5.32 Å². The van der Waals surface area contributed by atoms with Gasteiger partial charge < -0.3 is 90.6 Å². The molecule has 14 N–H and O–H groups in total. The zero-order valence-corrected chi connectivity index (χ0v) is 23.6. The van der Waals surface area contributed by atoms with Gasteiger partial charge in [-0.25, -0.2) is 0 Å². The van der Waals surface area contributed by atoms with Crippen LogP contribution in [0.3, 0.4) is 0 Å². The summed E-state index contributed by atoms with van der Waals surface area (Å²) in [5, 5.41) is 134. The highest BCUT2D eigenvalue weighted by Crippen LogP contribution is 2.31.